The molecule has 2 aromatic carbocycles. The molecule has 0 aliphatic carbocycles. The minimum atomic E-state index is -0.759. The van der Waals surface area contributed by atoms with Crippen LogP contribution in [0, 0.1) is 0 Å². The van der Waals surface area contributed by atoms with Crippen molar-refractivity contribution in [3.8, 4) is 23.0 Å². The molecule has 8 heteroatoms. The van der Waals surface area contributed by atoms with E-state index in [1.807, 2.05) is 41.9 Å². The average molecular weight is 384 g/mol. The molecule has 3 aromatic rings. The van der Waals surface area contributed by atoms with E-state index in [0.717, 1.165) is 10.2 Å². The van der Waals surface area contributed by atoms with Gasteiger partial charge in [0, 0.05) is 19.2 Å². The van der Waals surface area contributed by atoms with Crippen LogP contribution in [0.5, 0.6) is 23.0 Å². The predicted molar refractivity (Wildman–Crippen MR) is 98.7 cm³/mol. The van der Waals surface area contributed by atoms with Gasteiger partial charge in [-0.2, -0.15) is 4.99 Å². The van der Waals surface area contributed by atoms with Gasteiger partial charge in [-0.05, 0) is 12.1 Å². The molecule has 0 N–H and O–H groups in total. The summed E-state index contributed by atoms with van der Waals surface area (Å²) in [4.78, 5) is 17.5. The summed E-state index contributed by atoms with van der Waals surface area (Å²) in [5.41, 5.74) is 0.932. The van der Waals surface area contributed by atoms with Crippen molar-refractivity contribution in [2.24, 2.45) is 12.0 Å². The van der Waals surface area contributed by atoms with Crippen molar-refractivity contribution in [1.29, 1.82) is 0 Å². The Bertz CT molecular complexity index is 1120. The molecular weight excluding hydrogens is 368 g/mol. The Morgan fingerprint density at radius 3 is 2.63 bits per heavy atom. The fraction of sp³-hybridized carbons (Fsp3) is 0.263. The topological polar surface area (TPSA) is 71.3 Å². The SMILES string of the molecule is Cn1c(=NC(=O)[C@H]2COc3ccccc3O2)sc2cc3c(cc21)OCCO3. The molecular formula is C19H16N2O5S. The summed E-state index contributed by atoms with van der Waals surface area (Å²) in [7, 11) is 1.87. The maximum absolute atomic E-state index is 12.6. The molecule has 0 saturated carbocycles. The van der Waals surface area contributed by atoms with E-state index >= 15 is 0 Å². The third-order valence-corrected chi connectivity index (χ3v) is 5.56. The first-order valence-electron chi connectivity index (χ1n) is 8.55. The molecule has 5 rings (SSSR count). The number of thiazole rings is 1. The van der Waals surface area contributed by atoms with Gasteiger partial charge >= 0.3 is 0 Å². The van der Waals surface area contributed by atoms with Crippen LogP contribution in [0.15, 0.2) is 41.4 Å². The molecule has 2 aliphatic rings. The Kier molecular flexibility index (Phi) is 3.78. The normalized spacial score (nSPS) is 18.6. The summed E-state index contributed by atoms with van der Waals surface area (Å²) in [5.74, 6) is 2.25. The number of hydrogen-bond donors (Lipinski definition) is 0. The lowest BCUT2D eigenvalue weighted by molar-refractivity contribution is -0.127. The molecule has 0 radical (unpaired) electrons. The van der Waals surface area contributed by atoms with Crippen molar-refractivity contribution in [2.75, 3.05) is 19.8 Å². The van der Waals surface area contributed by atoms with Gasteiger partial charge in [0.25, 0.3) is 5.91 Å². The molecule has 27 heavy (non-hydrogen) atoms. The van der Waals surface area contributed by atoms with Gasteiger partial charge in [-0.3, -0.25) is 4.79 Å². The quantitative estimate of drug-likeness (QED) is 0.644. The lowest BCUT2D eigenvalue weighted by Gasteiger charge is -2.23. The lowest BCUT2D eigenvalue weighted by Crippen LogP contribution is -2.36. The van der Waals surface area contributed by atoms with E-state index in [0.29, 0.717) is 41.0 Å². The van der Waals surface area contributed by atoms with Crippen LogP contribution >= 0.6 is 11.3 Å². The first kappa shape index (κ1) is 16.2. The standard InChI is InChI=1S/C19H16N2O5S/c1-21-11-8-14-15(24-7-6-23-14)9-17(11)27-19(21)20-18(22)16-10-25-12-4-2-3-5-13(12)26-16/h2-5,8-9,16H,6-7,10H2,1H3/t16-/m1/s1. The van der Waals surface area contributed by atoms with Crippen LogP contribution in [0.4, 0.5) is 0 Å². The molecule has 1 aromatic heterocycles. The summed E-state index contributed by atoms with van der Waals surface area (Å²) in [6.45, 7) is 1.21. The predicted octanol–water partition coefficient (Wildman–Crippen LogP) is 2.28. The van der Waals surface area contributed by atoms with E-state index in [2.05, 4.69) is 4.99 Å². The first-order chi connectivity index (χ1) is 13.2. The summed E-state index contributed by atoms with van der Waals surface area (Å²) < 4.78 is 25.5. The number of nitrogens with zero attached hydrogens (tertiary/aromatic N) is 2. The molecule has 2 aliphatic heterocycles. The molecule has 0 bridgehead atoms. The van der Waals surface area contributed by atoms with Crippen molar-refractivity contribution in [3.63, 3.8) is 0 Å². The molecule has 0 fully saturated rings. The number of para-hydroxylation sites is 2. The van der Waals surface area contributed by atoms with E-state index in [1.54, 1.807) is 6.07 Å². The van der Waals surface area contributed by atoms with Gasteiger partial charge in [-0.15, -0.1) is 0 Å². The maximum Gasteiger partial charge on any atom is 0.292 e. The molecule has 0 unspecified atom stereocenters. The number of carbonyl (C=O) groups is 1. The molecule has 3 heterocycles. The number of ether oxygens (including phenoxy) is 4. The molecule has 0 spiro atoms. The van der Waals surface area contributed by atoms with Gasteiger partial charge in [-0.1, -0.05) is 23.5 Å². The highest BCUT2D eigenvalue weighted by atomic mass is 32.1. The number of carbonyl (C=O) groups excluding carboxylic acids is 1. The van der Waals surface area contributed by atoms with Crippen molar-refractivity contribution >= 4 is 27.5 Å². The van der Waals surface area contributed by atoms with Crippen LogP contribution in [-0.2, 0) is 11.8 Å². The second-order valence-electron chi connectivity index (χ2n) is 6.22. The fourth-order valence-electron chi connectivity index (χ4n) is 3.08. The number of hydrogen-bond acceptors (Lipinski definition) is 6. The van der Waals surface area contributed by atoms with Crippen LogP contribution in [0.25, 0.3) is 10.2 Å². The maximum atomic E-state index is 12.6. The summed E-state index contributed by atoms with van der Waals surface area (Å²) in [6, 6.07) is 11.1. The minimum Gasteiger partial charge on any atom is -0.486 e. The van der Waals surface area contributed by atoms with Gasteiger partial charge < -0.3 is 23.5 Å². The number of rotatable bonds is 1. The van der Waals surface area contributed by atoms with Crippen LogP contribution in [0.2, 0.25) is 0 Å². The average Bonchev–Trinajstić information content (AvgIpc) is 3.00. The van der Waals surface area contributed by atoms with Crippen molar-refractivity contribution in [1.82, 2.24) is 4.57 Å². The molecule has 138 valence electrons. The highest BCUT2D eigenvalue weighted by Gasteiger charge is 2.27. The number of amides is 1. The van der Waals surface area contributed by atoms with Gasteiger partial charge in [-0.25, -0.2) is 0 Å². The number of aromatic nitrogens is 1. The van der Waals surface area contributed by atoms with Crippen LogP contribution in [-0.4, -0.2) is 36.4 Å². The van der Waals surface area contributed by atoms with Crippen molar-refractivity contribution in [3.05, 3.63) is 41.2 Å². The Balaban J connectivity index is 1.49. The van der Waals surface area contributed by atoms with Gasteiger partial charge in [0.15, 0.2) is 27.8 Å². The molecule has 7 nitrogen and oxygen atoms in total. The number of aryl methyl sites for hydroxylation is 1. The Hall–Kier alpha value is -3.00. The van der Waals surface area contributed by atoms with Crippen molar-refractivity contribution < 1.29 is 23.7 Å². The van der Waals surface area contributed by atoms with Crippen LogP contribution in [0.1, 0.15) is 0 Å². The van der Waals surface area contributed by atoms with E-state index < -0.39 is 6.10 Å². The van der Waals surface area contributed by atoms with Gasteiger partial charge in [0.2, 0.25) is 6.10 Å². The minimum absolute atomic E-state index is 0.143. The molecule has 1 amide bonds. The van der Waals surface area contributed by atoms with Gasteiger partial charge in [0.05, 0.1) is 10.2 Å². The highest BCUT2D eigenvalue weighted by molar-refractivity contribution is 7.16. The van der Waals surface area contributed by atoms with Crippen LogP contribution in [0.3, 0.4) is 0 Å². The molecule has 1 atom stereocenters. The summed E-state index contributed by atoms with van der Waals surface area (Å²) in [5, 5.41) is 0. The Morgan fingerprint density at radius 1 is 1.07 bits per heavy atom. The zero-order valence-corrected chi connectivity index (χ0v) is 15.3. The van der Waals surface area contributed by atoms with E-state index in [1.165, 1.54) is 11.3 Å². The second kappa shape index (κ2) is 6.31. The number of benzene rings is 2. The Labute approximate surface area is 158 Å². The molecule has 0 saturated heterocycles. The van der Waals surface area contributed by atoms with E-state index in [9.17, 15) is 4.79 Å². The highest BCUT2D eigenvalue weighted by Crippen LogP contribution is 2.35. The zero-order valence-electron chi connectivity index (χ0n) is 14.5. The lowest BCUT2D eigenvalue weighted by atomic mass is 10.2. The van der Waals surface area contributed by atoms with Crippen molar-refractivity contribution in [2.45, 2.75) is 6.10 Å². The fourth-order valence-corrected chi connectivity index (χ4v) is 4.11. The monoisotopic (exact) mass is 384 g/mol. The third kappa shape index (κ3) is 2.82. The van der Waals surface area contributed by atoms with E-state index in [4.69, 9.17) is 18.9 Å². The van der Waals surface area contributed by atoms with E-state index in [-0.39, 0.29) is 12.5 Å². The zero-order chi connectivity index (χ0) is 18.4. The smallest absolute Gasteiger partial charge is 0.292 e. The first-order valence-corrected chi connectivity index (χ1v) is 9.37. The largest absolute Gasteiger partial charge is 0.486 e. The van der Waals surface area contributed by atoms with Gasteiger partial charge in [0.1, 0.15) is 19.8 Å². The second-order valence-corrected chi connectivity index (χ2v) is 7.23. The number of fused-ring (bicyclic) bond motifs is 3. The summed E-state index contributed by atoms with van der Waals surface area (Å²) >= 11 is 1.42. The Morgan fingerprint density at radius 2 is 1.81 bits per heavy atom. The third-order valence-electron chi connectivity index (χ3n) is 4.46. The van der Waals surface area contributed by atoms with Crippen LogP contribution < -0.4 is 23.7 Å². The summed E-state index contributed by atoms with van der Waals surface area (Å²) in [6.07, 6.45) is -0.759.